The van der Waals surface area contributed by atoms with E-state index in [4.69, 9.17) is 0 Å². The lowest BCUT2D eigenvalue weighted by Crippen LogP contribution is -2.12. The summed E-state index contributed by atoms with van der Waals surface area (Å²) in [6.07, 6.45) is 0. The molecule has 0 fully saturated rings. The van der Waals surface area contributed by atoms with Gasteiger partial charge in [0, 0.05) is 32.7 Å². The van der Waals surface area contributed by atoms with Crippen molar-refractivity contribution in [1.82, 2.24) is 0 Å². The minimum Gasteiger partial charge on any atom is -0.507 e. The maximum atomic E-state index is 13.3. The summed E-state index contributed by atoms with van der Waals surface area (Å²) >= 11 is 0. The maximum Gasteiger partial charge on any atom is 0.255 e. The van der Waals surface area contributed by atoms with Crippen molar-refractivity contribution < 1.29 is 30.0 Å². The molecule has 0 heterocycles. The molecule has 0 atom stereocenters. The molecule has 9 nitrogen and oxygen atoms in total. The van der Waals surface area contributed by atoms with Crippen molar-refractivity contribution in [2.75, 3.05) is 16.0 Å². The highest BCUT2D eigenvalue weighted by molar-refractivity contribution is 6.24. The summed E-state index contributed by atoms with van der Waals surface area (Å²) in [4.78, 5) is 26.5. The highest BCUT2D eigenvalue weighted by Gasteiger charge is 2.24. The molecule has 0 aliphatic rings. The van der Waals surface area contributed by atoms with Crippen LogP contribution in [0.2, 0.25) is 0 Å². The molecule has 8 aromatic rings. The second-order valence-electron chi connectivity index (χ2n) is 12.1. The van der Waals surface area contributed by atoms with E-state index in [1.807, 2.05) is 0 Å². The average Bonchev–Trinajstić information content (AvgIpc) is 3.17. The molecule has 51 heavy (non-hydrogen) atoms. The summed E-state index contributed by atoms with van der Waals surface area (Å²) in [6.45, 7) is 0. The number of anilines is 4. The number of hydrogen-bond donors (Lipinski definition) is 7. The van der Waals surface area contributed by atoms with Gasteiger partial charge in [0.15, 0.2) is 0 Å². The van der Waals surface area contributed by atoms with Crippen molar-refractivity contribution in [2.24, 2.45) is 0 Å². The Balaban J connectivity index is 1.34. The van der Waals surface area contributed by atoms with Crippen LogP contribution in [0.4, 0.5) is 22.7 Å². The molecule has 8 rings (SSSR count). The summed E-state index contributed by atoms with van der Waals surface area (Å²) in [7, 11) is 0. The lowest BCUT2D eigenvalue weighted by Gasteiger charge is -2.21. The van der Waals surface area contributed by atoms with E-state index in [0.717, 1.165) is 0 Å². The number of aromatic hydroxyl groups is 4. The van der Waals surface area contributed by atoms with Crippen molar-refractivity contribution in [2.45, 2.75) is 0 Å². The third kappa shape index (κ3) is 5.21. The van der Waals surface area contributed by atoms with E-state index in [0.29, 0.717) is 44.0 Å². The summed E-state index contributed by atoms with van der Waals surface area (Å²) in [5.41, 5.74) is 2.00. The van der Waals surface area contributed by atoms with E-state index in [1.165, 1.54) is 0 Å². The number of carbonyl (C=O) groups is 2. The van der Waals surface area contributed by atoms with Crippen molar-refractivity contribution in [3.8, 4) is 23.0 Å². The Kier molecular flexibility index (Phi) is 7.50. The van der Waals surface area contributed by atoms with Gasteiger partial charge in [-0.25, -0.2) is 0 Å². The zero-order chi connectivity index (χ0) is 35.2. The third-order valence-electron chi connectivity index (χ3n) is 9.07. The lowest BCUT2D eigenvalue weighted by atomic mass is 9.96. The SMILES string of the molecule is O=C(Nc1ccc(Nc2ccc(NC(=O)c3ccccc3)c3c(O)c4ccccc4c(O)c23)c2c(O)c3ccccc3c(O)c12)c1ccccc1. The van der Waals surface area contributed by atoms with Crippen molar-refractivity contribution in [3.05, 3.63) is 145 Å². The molecular formula is C42H29N3O6. The van der Waals surface area contributed by atoms with E-state index in [1.54, 1.807) is 133 Å². The first kappa shape index (κ1) is 31.0. The van der Waals surface area contributed by atoms with Gasteiger partial charge in [0.05, 0.1) is 44.3 Å². The Hall–Kier alpha value is -7.26. The van der Waals surface area contributed by atoms with Gasteiger partial charge in [0.1, 0.15) is 23.0 Å². The highest BCUT2D eigenvalue weighted by atomic mass is 16.3. The van der Waals surface area contributed by atoms with Crippen LogP contribution in [-0.2, 0) is 0 Å². The average molecular weight is 672 g/mol. The molecule has 9 heteroatoms. The Morgan fingerprint density at radius 2 is 0.627 bits per heavy atom. The largest absolute Gasteiger partial charge is 0.507 e. The molecule has 0 radical (unpaired) electrons. The smallest absolute Gasteiger partial charge is 0.255 e. The Morgan fingerprint density at radius 3 is 0.961 bits per heavy atom. The van der Waals surface area contributed by atoms with Gasteiger partial charge in [-0.2, -0.15) is 0 Å². The molecule has 248 valence electrons. The molecule has 0 unspecified atom stereocenters. The van der Waals surface area contributed by atoms with Crippen LogP contribution in [0.15, 0.2) is 133 Å². The molecule has 0 bridgehead atoms. The zero-order valence-electron chi connectivity index (χ0n) is 26.8. The minimum atomic E-state index is -0.406. The number of carbonyl (C=O) groups excluding carboxylic acids is 2. The fourth-order valence-electron chi connectivity index (χ4n) is 6.65. The number of benzene rings is 8. The highest BCUT2D eigenvalue weighted by Crippen LogP contribution is 2.51. The summed E-state index contributed by atoms with van der Waals surface area (Å²) in [5.74, 6) is -1.41. The number of fused-ring (bicyclic) bond motifs is 4. The van der Waals surface area contributed by atoms with Crippen LogP contribution >= 0.6 is 0 Å². The topological polar surface area (TPSA) is 151 Å². The summed E-state index contributed by atoms with van der Waals surface area (Å²) in [6, 6.07) is 37.4. The standard InChI is InChI=1S/C42H29N3O6/c46-37-25-15-7-9-17-27(25)39(48)35-31(44-41(50)23-11-3-1-4-12-23)21-19-29(33(35)37)43-30-20-22-32(45-42(51)24-13-5-2-6-14-24)36-34(30)38(47)26-16-8-10-18-28(26)40(36)49/h1-22,43,46-49H,(H,44,50)(H,45,51). The third-order valence-corrected chi connectivity index (χ3v) is 9.07. The molecule has 0 saturated heterocycles. The Labute approximate surface area is 290 Å². The van der Waals surface area contributed by atoms with Gasteiger partial charge >= 0.3 is 0 Å². The molecule has 0 aliphatic heterocycles. The van der Waals surface area contributed by atoms with E-state index >= 15 is 0 Å². The van der Waals surface area contributed by atoms with Gasteiger partial charge in [-0.15, -0.1) is 0 Å². The summed E-state index contributed by atoms with van der Waals surface area (Å²) < 4.78 is 0. The number of phenolic OH excluding ortho intramolecular Hbond substituents is 4. The predicted molar refractivity (Wildman–Crippen MR) is 202 cm³/mol. The molecule has 0 saturated carbocycles. The number of nitrogens with one attached hydrogen (secondary N) is 3. The monoisotopic (exact) mass is 671 g/mol. The Bertz CT molecular complexity index is 2510. The number of rotatable bonds is 6. The summed E-state index contributed by atoms with van der Waals surface area (Å²) in [5, 5.41) is 58.3. The van der Waals surface area contributed by atoms with E-state index in [-0.39, 0.29) is 55.9 Å². The van der Waals surface area contributed by atoms with Crippen LogP contribution < -0.4 is 16.0 Å². The van der Waals surface area contributed by atoms with Crippen molar-refractivity contribution >= 4 is 77.7 Å². The fraction of sp³-hybridized carbons (Fsp3) is 0. The number of phenols is 4. The number of hydrogen-bond acceptors (Lipinski definition) is 7. The molecule has 0 spiro atoms. The van der Waals surface area contributed by atoms with Gasteiger partial charge < -0.3 is 36.4 Å². The van der Waals surface area contributed by atoms with Crippen LogP contribution in [-0.4, -0.2) is 32.2 Å². The second kappa shape index (κ2) is 12.3. The normalized spacial score (nSPS) is 11.2. The van der Waals surface area contributed by atoms with Crippen LogP contribution in [0.1, 0.15) is 20.7 Å². The first-order valence-corrected chi connectivity index (χ1v) is 16.1. The van der Waals surface area contributed by atoms with E-state index in [2.05, 4.69) is 16.0 Å². The quantitative estimate of drug-likeness (QED) is 0.0687. The molecule has 8 aromatic carbocycles. The second-order valence-corrected chi connectivity index (χ2v) is 12.1. The van der Waals surface area contributed by atoms with Crippen molar-refractivity contribution in [3.63, 3.8) is 0 Å². The van der Waals surface area contributed by atoms with Crippen LogP contribution in [0.5, 0.6) is 23.0 Å². The van der Waals surface area contributed by atoms with Gasteiger partial charge in [-0.1, -0.05) is 84.9 Å². The first-order valence-electron chi connectivity index (χ1n) is 16.1. The minimum absolute atomic E-state index is 0.148. The maximum absolute atomic E-state index is 13.3. The van der Waals surface area contributed by atoms with Crippen LogP contribution in [0.3, 0.4) is 0 Å². The molecule has 2 amide bonds. The first-order chi connectivity index (χ1) is 24.8. The number of amides is 2. The molecule has 0 aromatic heterocycles. The molecule has 7 N–H and O–H groups in total. The van der Waals surface area contributed by atoms with Gasteiger partial charge in [0.25, 0.3) is 11.8 Å². The lowest BCUT2D eigenvalue weighted by molar-refractivity contribution is 0.101. The van der Waals surface area contributed by atoms with Crippen LogP contribution in [0.25, 0.3) is 43.1 Å². The van der Waals surface area contributed by atoms with E-state index in [9.17, 15) is 30.0 Å². The van der Waals surface area contributed by atoms with Gasteiger partial charge in [-0.05, 0) is 48.5 Å². The van der Waals surface area contributed by atoms with Gasteiger partial charge in [-0.3, -0.25) is 9.59 Å². The molecular weight excluding hydrogens is 642 g/mol. The van der Waals surface area contributed by atoms with Crippen LogP contribution in [0, 0.1) is 0 Å². The predicted octanol–water partition coefficient (Wildman–Crippen LogP) is 9.37. The fourth-order valence-corrected chi connectivity index (χ4v) is 6.65. The Morgan fingerprint density at radius 1 is 0.353 bits per heavy atom. The molecule has 0 aliphatic carbocycles. The zero-order valence-corrected chi connectivity index (χ0v) is 26.8. The van der Waals surface area contributed by atoms with Gasteiger partial charge in [0.2, 0.25) is 0 Å². The van der Waals surface area contributed by atoms with Crippen molar-refractivity contribution in [1.29, 1.82) is 0 Å². The van der Waals surface area contributed by atoms with E-state index < -0.39 is 11.8 Å².